The van der Waals surface area contributed by atoms with E-state index in [0.29, 0.717) is 13.1 Å². The van der Waals surface area contributed by atoms with E-state index in [1.54, 1.807) is 4.90 Å². The third-order valence-corrected chi connectivity index (χ3v) is 6.73. The Bertz CT molecular complexity index is 586. The Morgan fingerprint density at radius 1 is 1.21 bits per heavy atom. The predicted molar refractivity (Wildman–Crippen MR) is 96.7 cm³/mol. The summed E-state index contributed by atoms with van der Waals surface area (Å²) in [6.07, 6.45) is 4.23. The average Bonchev–Trinajstić information content (AvgIpc) is 2.81. The third-order valence-electron chi connectivity index (χ3n) is 5.03. The van der Waals surface area contributed by atoms with Crippen molar-refractivity contribution in [3.63, 3.8) is 0 Å². The first kappa shape index (κ1) is 19.4. The number of hydrogen-bond acceptors (Lipinski definition) is 5. The molecule has 0 N–H and O–H groups in total. The minimum absolute atomic E-state index is 0.0356. The molecule has 6 nitrogen and oxygen atoms in total. The van der Waals surface area contributed by atoms with Gasteiger partial charge in [0.05, 0.1) is 24.1 Å². The van der Waals surface area contributed by atoms with Crippen molar-refractivity contribution in [2.45, 2.75) is 38.8 Å². The maximum absolute atomic E-state index is 12.5. The normalized spacial score (nSPS) is 27.5. The Labute approximate surface area is 146 Å². The van der Waals surface area contributed by atoms with Gasteiger partial charge in [0.1, 0.15) is 0 Å². The largest absolute Gasteiger partial charge is 0.335 e. The SMILES string of the molecule is CC/C(C)=C/CCN1CCN(C(=O)CN(C)C)[C@H]2CS(=O)(=O)C[C@H]21. The van der Waals surface area contributed by atoms with Gasteiger partial charge in [0.2, 0.25) is 5.91 Å². The van der Waals surface area contributed by atoms with Crippen LogP contribution in [0.2, 0.25) is 0 Å². The summed E-state index contributed by atoms with van der Waals surface area (Å²) in [7, 11) is 0.654. The molecule has 2 rings (SSSR count). The second-order valence-corrected chi connectivity index (χ2v) is 9.42. The van der Waals surface area contributed by atoms with Crippen LogP contribution in [-0.2, 0) is 14.6 Å². The van der Waals surface area contributed by atoms with Gasteiger partial charge in [0.25, 0.3) is 0 Å². The monoisotopic (exact) mass is 357 g/mol. The van der Waals surface area contributed by atoms with Crippen molar-refractivity contribution >= 4 is 15.7 Å². The third kappa shape index (κ3) is 4.80. The van der Waals surface area contributed by atoms with Gasteiger partial charge in [0.15, 0.2) is 9.84 Å². The number of carbonyl (C=O) groups excluding carboxylic acids is 1. The maximum atomic E-state index is 12.5. The van der Waals surface area contributed by atoms with Crippen LogP contribution in [0.4, 0.5) is 0 Å². The van der Waals surface area contributed by atoms with Crippen molar-refractivity contribution in [3.8, 4) is 0 Å². The zero-order valence-electron chi connectivity index (χ0n) is 15.4. The van der Waals surface area contributed by atoms with E-state index < -0.39 is 9.84 Å². The first-order valence-electron chi connectivity index (χ1n) is 8.78. The lowest BCUT2D eigenvalue weighted by molar-refractivity contribution is -0.137. The molecule has 0 radical (unpaired) electrons. The van der Waals surface area contributed by atoms with Crippen LogP contribution >= 0.6 is 0 Å². The van der Waals surface area contributed by atoms with E-state index >= 15 is 0 Å². The van der Waals surface area contributed by atoms with Gasteiger partial charge in [-0.25, -0.2) is 8.42 Å². The molecule has 2 heterocycles. The van der Waals surface area contributed by atoms with E-state index in [1.165, 1.54) is 5.57 Å². The molecule has 1 amide bonds. The Hall–Kier alpha value is -0.920. The number of piperazine rings is 1. The summed E-state index contributed by atoms with van der Waals surface area (Å²) in [4.78, 5) is 18.4. The standard InChI is InChI=1S/C17H31N3O3S/c1-5-14(2)7-6-8-19-9-10-20(17(21)11-18(3)4)16-13-24(22,23)12-15(16)19/h7,15-16H,5-6,8-13H2,1-4H3/b14-7+/t15-,16+/m1/s1. The van der Waals surface area contributed by atoms with Crippen molar-refractivity contribution < 1.29 is 13.2 Å². The number of rotatable bonds is 6. The van der Waals surface area contributed by atoms with E-state index in [-0.39, 0.29) is 29.5 Å². The molecule has 0 bridgehead atoms. The van der Waals surface area contributed by atoms with E-state index in [4.69, 9.17) is 0 Å². The van der Waals surface area contributed by atoms with Gasteiger partial charge < -0.3 is 9.80 Å². The molecule has 2 fully saturated rings. The molecule has 2 aliphatic heterocycles. The number of amides is 1. The van der Waals surface area contributed by atoms with Crippen LogP contribution in [0, 0.1) is 0 Å². The van der Waals surface area contributed by atoms with Crippen molar-refractivity contribution in [3.05, 3.63) is 11.6 Å². The fourth-order valence-corrected chi connectivity index (χ4v) is 5.61. The molecule has 0 aromatic rings. The van der Waals surface area contributed by atoms with Gasteiger partial charge in [-0.1, -0.05) is 18.6 Å². The average molecular weight is 358 g/mol. The van der Waals surface area contributed by atoms with Gasteiger partial charge >= 0.3 is 0 Å². The molecular formula is C17H31N3O3S. The summed E-state index contributed by atoms with van der Waals surface area (Å²) < 4.78 is 24.3. The van der Waals surface area contributed by atoms with Crippen LogP contribution in [-0.4, -0.2) is 92.9 Å². The molecule has 2 aliphatic rings. The summed E-state index contributed by atoms with van der Waals surface area (Å²) in [5.41, 5.74) is 1.37. The lowest BCUT2D eigenvalue weighted by Gasteiger charge is -2.44. The molecule has 138 valence electrons. The van der Waals surface area contributed by atoms with Crippen LogP contribution in [0.1, 0.15) is 26.7 Å². The van der Waals surface area contributed by atoms with Gasteiger partial charge in [-0.15, -0.1) is 0 Å². The summed E-state index contributed by atoms with van der Waals surface area (Å²) >= 11 is 0. The molecule has 0 saturated carbocycles. The number of hydrogen-bond donors (Lipinski definition) is 0. The molecule has 0 aliphatic carbocycles. The number of carbonyl (C=O) groups is 1. The minimum atomic E-state index is -3.07. The highest BCUT2D eigenvalue weighted by atomic mass is 32.2. The highest BCUT2D eigenvalue weighted by Gasteiger charge is 2.47. The Morgan fingerprint density at radius 2 is 1.88 bits per heavy atom. The van der Waals surface area contributed by atoms with Crippen molar-refractivity contribution in [2.24, 2.45) is 0 Å². The van der Waals surface area contributed by atoms with Crippen molar-refractivity contribution in [2.75, 3.05) is 51.8 Å². The molecular weight excluding hydrogens is 326 g/mol. The van der Waals surface area contributed by atoms with Gasteiger partial charge in [0, 0.05) is 25.7 Å². The number of sulfone groups is 1. The second kappa shape index (κ2) is 7.97. The maximum Gasteiger partial charge on any atom is 0.237 e. The van der Waals surface area contributed by atoms with Crippen LogP contribution in [0.15, 0.2) is 11.6 Å². The predicted octanol–water partition coefficient (Wildman–Crippen LogP) is 0.604. The molecule has 2 atom stereocenters. The van der Waals surface area contributed by atoms with Gasteiger partial charge in [-0.2, -0.15) is 0 Å². The zero-order valence-corrected chi connectivity index (χ0v) is 16.2. The van der Waals surface area contributed by atoms with Crippen LogP contribution < -0.4 is 0 Å². The fourth-order valence-electron chi connectivity index (χ4n) is 3.59. The minimum Gasteiger partial charge on any atom is -0.335 e. The van der Waals surface area contributed by atoms with E-state index in [2.05, 4.69) is 24.8 Å². The summed E-state index contributed by atoms with van der Waals surface area (Å²) in [6, 6.07) is -0.238. The van der Waals surface area contributed by atoms with Gasteiger partial charge in [-0.05, 0) is 33.9 Å². The summed E-state index contributed by atoms with van der Waals surface area (Å²) in [5, 5.41) is 0. The van der Waals surface area contributed by atoms with E-state index in [9.17, 15) is 13.2 Å². The van der Waals surface area contributed by atoms with Crippen molar-refractivity contribution in [1.82, 2.24) is 14.7 Å². The van der Waals surface area contributed by atoms with E-state index in [1.807, 2.05) is 19.0 Å². The number of allylic oxidation sites excluding steroid dienone is 1. The quantitative estimate of drug-likeness (QED) is 0.652. The first-order valence-corrected chi connectivity index (χ1v) is 10.6. The Kier molecular flexibility index (Phi) is 6.45. The molecule has 2 saturated heterocycles. The lowest BCUT2D eigenvalue weighted by Crippen LogP contribution is -2.61. The Morgan fingerprint density at radius 3 is 2.50 bits per heavy atom. The molecule has 0 aromatic carbocycles. The zero-order chi connectivity index (χ0) is 17.9. The molecule has 0 aromatic heterocycles. The van der Waals surface area contributed by atoms with Gasteiger partial charge in [-0.3, -0.25) is 9.69 Å². The number of nitrogens with zero attached hydrogens (tertiary/aromatic N) is 3. The second-order valence-electron chi connectivity index (χ2n) is 7.27. The highest BCUT2D eigenvalue weighted by Crippen LogP contribution is 2.27. The van der Waals surface area contributed by atoms with Crippen LogP contribution in [0.3, 0.4) is 0 Å². The summed E-state index contributed by atoms with van der Waals surface area (Å²) in [6.45, 7) is 6.85. The first-order chi connectivity index (χ1) is 11.2. The molecule has 0 unspecified atom stereocenters. The summed E-state index contributed by atoms with van der Waals surface area (Å²) in [5.74, 6) is 0.324. The van der Waals surface area contributed by atoms with E-state index in [0.717, 1.165) is 25.9 Å². The number of fused-ring (bicyclic) bond motifs is 1. The fraction of sp³-hybridized carbons (Fsp3) is 0.824. The number of likely N-dealkylation sites (N-methyl/N-ethyl adjacent to an activating group) is 1. The molecule has 0 spiro atoms. The smallest absolute Gasteiger partial charge is 0.237 e. The molecule has 24 heavy (non-hydrogen) atoms. The highest BCUT2D eigenvalue weighted by molar-refractivity contribution is 7.91. The van der Waals surface area contributed by atoms with Crippen molar-refractivity contribution in [1.29, 1.82) is 0 Å². The Balaban J connectivity index is 2.08. The topological polar surface area (TPSA) is 60.9 Å². The van der Waals surface area contributed by atoms with Crippen LogP contribution in [0.5, 0.6) is 0 Å². The lowest BCUT2D eigenvalue weighted by atomic mass is 10.0. The molecule has 7 heteroatoms. The van der Waals surface area contributed by atoms with Crippen LogP contribution in [0.25, 0.3) is 0 Å².